The maximum atomic E-state index is 11.5. The molecule has 1 aliphatic heterocycles. The van der Waals surface area contributed by atoms with Gasteiger partial charge in [-0.2, -0.15) is 0 Å². The van der Waals surface area contributed by atoms with E-state index < -0.39 is 6.03 Å². The van der Waals surface area contributed by atoms with Crippen molar-refractivity contribution in [1.82, 2.24) is 10.3 Å². The lowest BCUT2D eigenvalue weighted by atomic mass is 10.2. The molecule has 2 rings (SSSR count). The quantitative estimate of drug-likeness (QED) is 0.727. The summed E-state index contributed by atoms with van der Waals surface area (Å²) in [5, 5.41) is 2.20. The van der Waals surface area contributed by atoms with Crippen LogP contribution in [0.15, 0.2) is 18.3 Å². The standard InChI is InChI=1S/C10H9N3O3/c14-6-7-5-8(1-3-11-7)13-4-2-9(15)12-10(13)16/h1,3,5-6H,2,4H2,(H,12,15,16). The summed E-state index contributed by atoms with van der Waals surface area (Å²) in [5.41, 5.74) is 0.810. The van der Waals surface area contributed by atoms with Crippen LogP contribution in [0.5, 0.6) is 0 Å². The minimum Gasteiger partial charge on any atom is -0.296 e. The highest BCUT2D eigenvalue weighted by Crippen LogP contribution is 2.16. The average molecular weight is 219 g/mol. The fraction of sp³-hybridized carbons (Fsp3) is 0.200. The molecule has 3 amide bonds. The SMILES string of the molecule is O=Cc1cc(N2CCC(=O)NC2=O)ccn1. The van der Waals surface area contributed by atoms with Crippen molar-refractivity contribution in [2.45, 2.75) is 6.42 Å². The number of nitrogens with one attached hydrogen (secondary N) is 1. The van der Waals surface area contributed by atoms with E-state index in [4.69, 9.17) is 0 Å². The lowest BCUT2D eigenvalue weighted by Crippen LogP contribution is -2.49. The smallest absolute Gasteiger partial charge is 0.296 e. The van der Waals surface area contributed by atoms with Crippen molar-refractivity contribution in [3.05, 3.63) is 24.0 Å². The summed E-state index contributed by atoms with van der Waals surface area (Å²) in [4.78, 5) is 38.2. The number of anilines is 1. The van der Waals surface area contributed by atoms with Crippen LogP contribution in [0.2, 0.25) is 0 Å². The number of amides is 3. The first-order valence-electron chi connectivity index (χ1n) is 4.73. The minimum atomic E-state index is -0.473. The Bertz CT molecular complexity index is 458. The zero-order valence-corrected chi connectivity index (χ0v) is 8.34. The van der Waals surface area contributed by atoms with Gasteiger partial charge in [0.1, 0.15) is 5.69 Å². The number of hydrogen-bond donors (Lipinski definition) is 1. The molecule has 0 atom stereocenters. The molecule has 1 aliphatic rings. The van der Waals surface area contributed by atoms with E-state index in [9.17, 15) is 14.4 Å². The summed E-state index contributed by atoms with van der Waals surface area (Å²) < 4.78 is 0. The Morgan fingerprint density at radius 3 is 2.94 bits per heavy atom. The zero-order valence-electron chi connectivity index (χ0n) is 8.34. The molecule has 1 aromatic rings. The molecule has 1 saturated heterocycles. The van der Waals surface area contributed by atoms with Gasteiger partial charge in [0, 0.05) is 24.8 Å². The summed E-state index contributed by atoms with van der Waals surface area (Å²) in [7, 11) is 0. The Morgan fingerprint density at radius 2 is 2.25 bits per heavy atom. The monoisotopic (exact) mass is 219 g/mol. The molecule has 0 bridgehead atoms. The van der Waals surface area contributed by atoms with Gasteiger partial charge in [0.05, 0.1) is 0 Å². The van der Waals surface area contributed by atoms with Gasteiger partial charge in [-0.05, 0) is 12.1 Å². The number of carbonyl (C=O) groups excluding carboxylic acids is 3. The second-order valence-electron chi connectivity index (χ2n) is 3.31. The first-order valence-corrected chi connectivity index (χ1v) is 4.73. The molecule has 82 valence electrons. The third-order valence-electron chi connectivity index (χ3n) is 2.25. The van der Waals surface area contributed by atoms with Crippen LogP contribution >= 0.6 is 0 Å². The molecule has 6 nitrogen and oxygen atoms in total. The molecule has 2 heterocycles. The first-order chi connectivity index (χ1) is 7.70. The molecule has 1 fully saturated rings. The van der Waals surface area contributed by atoms with Gasteiger partial charge in [0.15, 0.2) is 6.29 Å². The number of nitrogens with zero attached hydrogens (tertiary/aromatic N) is 2. The number of hydrogen-bond acceptors (Lipinski definition) is 4. The summed E-state index contributed by atoms with van der Waals surface area (Å²) in [5.74, 6) is -0.286. The maximum Gasteiger partial charge on any atom is 0.328 e. The number of urea groups is 1. The number of rotatable bonds is 2. The maximum absolute atomic E-state index is 11.5. The van der Waals surface area contributed by atoms with Gasteiger partial charge in [0.2, 0.25) is 5.91 Å². The van der Waals surface area contributed by atoms with Gasteiger partial charge in [-0.25, -0.2) is 4.79 Å². The molecule has 16 heavy (non-hydrogen) atoms. The van der Waals surface area contributed by atoms with E-state index in [1.165, 1.54) is 17.2 Å². The molecule has 1 N–H and O–H groups in total. The van der Waals surface area contributed by atoms with Gasteiger partial charge in [0.25, 0.3) is 0 Å². The molecule has 0 aromatic carbocycles. The number of carbonyl (C=O) groups is 3. The molecular weight excluding hydrogens is 210 g/mol. The molecule has 0 aliphatic carbocycles. The predicted octanol–water partition coefficient (Wildman–Crippen LogP) is 0.340. The van der Waals surface area contributed by atoms with Crippen LogP contribution < -0.4 is 10.2 Å². The van der Waals surface area contributed by atoms with E-state index in [1.807, 2.05) is 0 Å². The Morgan fingerprint density at radius 1 is 1.44 bits per heavy atom. The van der Waals surface area contributed by atoms with Crippen LogP contribution in [0.3, 0.4) is 0 Å². The van der Waals surface area contributed by atoms with Gasteiger partial charge in [-0.1, -0.05) is 0 Å². The van der Waals surface area contributed by atoms with Gasteiger partial charge in [-0.3, -0.25) is 24.8 Å². The van der Waals surface area contributed by atoms with Crippen LogP contribution in [-0.2, 0) is 4.79 Å². The van der Waals surface area contributed by atoms with Crippen molar-refractivity contribution in [3.63, 3.8) is 0 Å². The van der Waals surface area contributed by atoms with Crippen molar-refractivity contribution in [2.75, 3.05) is 11.4 Å². The predicted molar refractivity (Wildman–Crippen MR) is 55.1 cm³/mol. The Labute approximate surface area is 91.3 Å². The number of imide groups is 1. The van der Waals surface area contributed by atoms with Crippen molar-refractivity contribution < 1.29 is 14.4 Å². The second-order valence-corrected chi connectivity index (χ2v) is 3.31. The number of pyridine rings is 1. The first kappa shape index (κ1) is 10.3. The third kappa shape index (κ3) is 1.90. The molecule has 0 unspecified atom stereocenters. The van der Waals surface area contributed by atoms with Crippen LogP contribution in [0.1, 0.15) is 16.9 Å². The van der Waals surface area contributed by atoms with Crippen molar-refractivity contribution in [1.29, 1.82) is 0 Å². The van der Waals surface area contributed by atoms with E-state index in [2.05, 4.69) is 10.3 Å². The van der Waals surface area contributed by atoms with Gasteiger partial charge in [-0.15, -0.1) is 0 Å². The fourth-order valence-corrected chi connectivity index (χ4v) is 1.48. The molecule has 0 saturated carbocycles. The normalized spacial score (nSPS) is 15.9. The molecule has 0 spiro atoms. The highest BCUT2D eigenvalue weighted by Gasteiger charge is 2.24. The Balaban J connectivity index is 2.26. The summed E-state index contributed by atoms with van der Waals surface area (Å²) in [6, 6.07) is 2.64. The van der Waals surface area contributed by atoms with Crippen molar-refractivity contribution >= 4 is 23.9 Å². The molecule has 0 radical (unpaired) electrons. The van der Waals surface area contributed by atoms with E-state index in [0.29, 0.717) is 18.5 Å². The lowest BCUT2D eigenvalue weighted by Gasteiger charge is -2.26. The van der Waals surface area contributed by atoms with Gasteiger partial charge >= 0.3 is 6.03 Å². The summed E-state index contributed by atoms with van der Waals surface area (Å²) in [6.07, 6.45) is 2.31. The van der Waals surface area contributed by atoms with E-state index in [-0.39, 0.29) is 18.0 Å². The van der Waals surface area contributed by atoms with E-state index >= 15 is 0 Å². The van der Waals surface area contributed by atoms with E-state index in [1.54, 1.807) is 6.07 Å². The Kier molecular flexibility index (Phi) is 2.63. The van der Waals surface area contributed by atoms with Crippen LogP contribution in [0.4, 0.5) is 10.5 Å². The lowest BCUT2D eigenvalue weighted by molar-refractivity contribution is -0.120. The Hall–Kier alpha value is -2.24. The van der Waals surface area contributed by atoms with Crippen LogP contribution in [-0.4, -0.2) is 29.8 Å². The number of aldehydes is 1. The largest absolute Gasteiger partial charge is 0.328 e. The van der Waals surface area contributed by atoms with Crippen molar-refractivity contribution in [3.8, 4) is 0 Å². The third-order valence-corrected chi connectivity index (χ3v) is 2.25. The molecular formula is C10H9N3O3. The topological polar surface area (TPSA) is 79.4 Å². The van der Waals surface area contributed by atoms with Crippen LogP contribution in [0, 0.1) is 0 Å². The van der Waals surface area contributed by atoms with Crippen molar-refractivity contribution in [2.24, 2.45) is 0 Å². The van der Waals surface area contributed by atoms with Crippen LogP contribution in [0.25, 0.3) is 0 Å². The van der Waals surface area contributed by atoms with E-state index in [0.717, 1.165) is 0 Å². The molecule has 1 aromatic heterocycles. The van der Waals surface area contributed by atoms with Gasteiger partial charge < -0.3 is 0 Å². The minimum absolute atomic E-state index is 0.252. The highest BCUT2D eigenvalue weighted by molar-refractivity contribution is 6.05. The summed E-state index contributed by atoms with van der Waals surface area (Å²) >= 11 is 0. The second kappa shape index (κ2) is 4.09. The highest BCUT2D eigenvalue weighted by atomic mass is 16.2. The zero-order chi connectivity index (χ0) is 11.5. The fourth-order valence-electron chi connectivity index (χ4n) is 1.48. The average Bonchev–Trinajstić information content (AvgIpc) is 2.29. The number of aromatic nitrogens is 1. The summed E-state index contributed by atoms with van der Waals surface area (Å²) in [6.45, 7) is 0.312. The molecule has 6 heteroatoms.